The Morgan fingerprint density at radius 1 is 1.32 bits per heavy atom. The van der Waals surface area contributed by atoms with Gasteiger partial charge in [0.2, 0.25) is 5.89 Å². The molecule has 0 bridgehead atoms. The average molecular weight is 345 g/mol. The lowest BCUT2D eigenvalue weighted by atomic mass is 9.96. The first-order valence-electron chi connectivity index (χ1n) is 8.62. The van der Waals surface area contributed by atoms with Crippen molar-refractivity contribution in [3.05, 3.63) is 41.3 Å². The second kappa shape index (κ2) is 6.46. The van der Waals surface area contributed by atoms with Gasteiger partial charge in [-0.25, -0.2) is 4.39 Å². The molecule has 4 rings (SSSR count). The van der Waals surface area contributed by atoms with Gasteiger partial charge >= 0.3 is 0 Å². The predicted molar refractivity (Wildman–Crippen MR) is 87.1 cm³/mol. The SMILES string of the molecule is COc1cccc(C(=O)N2CCCC(c3noc(C4CC4)n3)C2)c1F. The number of likely N-dealkylation sites (tertiary alicyclic amines) is 1. The number of aromatic nitrogens is 2. The van der Waals surface area contributed by atoms with Gasteiger partial charge in [-0.15, -0.1) is 0 Å². The van der Waals surface area contributed by atoms with E-state index in [1.165, 1.54) is 19.2 Å². The summed E-state index contributed by atoms with van der Waals surface area (Å²) in [7, 11) is 1.39. The van der Waals surface area contributed by atoms with E-state index in [1.54, 1.807) is 11.0 Å². The zero-order valence-electron chi connectivity index (χ0n) is 14.1. The number of hydrogen-bond acceptors (Lipinski definition) is 5. The fraction of sp³-hybridized carbons (Fsp3) is 0.500. The fourth-order valence-electron chi connectivity index (χ4n) is 3.29. The Morgan fingerprint density at radius 3 is 2.92 bits per heavy atom. The van der Waals surface area contributed by atoms with Crippen LogP contribution in [0.25, 0.3) is 0 Å². The molecule has 2 heterocycles. The van der Waals surface area contributed by atoms with Crippen molar-refractivity contribution in [1.82, 2.24) is 15.0 Å². The first-order chi connectivity index (χ1) is 12.2. The van der Waals surface area contributed by atoms with Crippen LogP contribution in [0.4, 0.5) is 4.39 Å². The van der Waals surface area contributed by atoms with Gasteiger partial charge in [0.05, 0.1) is 12.7 Å². The van der Waals surface area contributed by atoms with E-state index in [2.05, 4.69) is 10.1 Å². The lowest BCUT2D eigenvalue weighted by Gasteiger charge is -2.31. The molecule has 1 aliphatic carbocycles. The molecule has 0 N–H and O–H groups in total. The standard InChI is InChI=1S/C18H20FN3O3/c1-24-14-6-2-5-13(15(14)19)18(23)22-9-3-4-12(10-22)16-20-17(25-21-16)11-7-8-11/h2,5-6,11-12H,3-4,7-10H2,1H3. The third kappa shape index (κ3) is 3.10. The first kappa shape index (κ1) is 16.1. The molecule has 1 atom stereocenters. The van der Waals surface area contributed by atoms with Gasteiger partial charge < -0.3 is 14.2 Å². The number of nitrogens with zero attached hydrogens (tertiary/aromatic N) is 3. The Bertz CT molecular complexity index is 788. The van der Waals surface area contributed by atoms with Crippen LogP contribution in [-0.4, -0.2) is 41.1 Å². The molecule has 1 aromatic carbocycles. The number of ether oxygens (including phenoxy) is 1. The van der Waals surface area contributed by atoms with Crippen LogP contribution in [0.3, 0.4) is 0 Å². The number of rotatable bonds is 4. The summed E-state index contributed by atoms with van der Waals surface area (Å²) in [4.78, 5) is 18.9. The highest BCUT2D eigenvalue weighted by molar-refractivity contribution is 5.95. The van der Waals surface area contributed by atoms with Crippen molar-refractivity contribution in [3.8, 4) is 5.75 Å². The molecule has 1 saturated carbocycles. The van der Waals surface area contributed by atoms with Crippen LogP contribution < -0.4 is 4.74 Å². The van der Waals surface area contributed by atoms with E-state index in [9.17, 15) is 9.18 Å². The molecule has 2 fully saturated rings. The van der Waals surface area contributed by atoms with Crippen LogP contribution in [0.1, 0.15) is 59.6 Å². The van der Waals surface area contributed by atoms with Crippen LogP contribution in [0.2, 0.25) is 0 Å². The molecule has 1 aliphatic heterocycles. The van der Waals surface area contributed by atoms with E-state index in [-0.39, 0.29) is 23.1 Å². The smallest absolute Gasteiger partial charge is 0.256 e. The van der Waals surface area contributed by atoms with Gasteiger partial charge in [-0.2, -0.15) is 4.98 Å². The normalized spacial score (nSPS) is 20.6. The summed E-state index contributed by atoms with van der Waals surface area (Å²) in [5.74, 6) is 0.935. The molecule has 6 nitrogen and oxygen atoms in total. The lowest BCUT2D eigenvalue weighted by Crippen LogP contribution is -2.39. The van der Waals surface area contributed by atoms with Gasteiger partial charge in [0.15, 0.2) is 17.4 Å². The number of methoxy groups -OCH3 is 1. The fourth-order valence-corrected chi connectivity index (χ4v) is 3.29. The number of hydrogen-bond donors (Lipinski definition) is 0. The second-order valence-electron chi connectivity index (χ2n) is 6.68. The molecular formula is C18H20FN3O3. The van der Waals surface area contributed by atoms with Crippen LogP contribution in [-0.2, 0) is 0 Å². The highest BCUT2D eigenvalue weighted by atomic mass is 19.1. The molecule has 2 aromatic rings. The third-order valence-electron chi connectivity index (χ3n) is 4.87. The van der Waals surface area contributed by atoms with Crippen LogP contribution in [0, 0.1) is 5.82 Å². The summed E-state index contributed by atoms with van der Waals surface area (Å²) in [6.45, 7) is 1.07. The molecule has 7 heteroatoms. The Hall–Kier alpha value is -2.44. The molecule has 132 valence electrons. The molecule has 25 heavy (non-hydrogen) atoms. The van der Waals surface area contributed by atoms with E-state index < -0.39 is 5.82 Å². The Morgan fingerprint density at radius 2 is 2.16 bits per heavy atom. The van der Waals surface area contributed by atoms with Crippen molar-refractivity contribution in [3.63, 3.8) is 0 Å². The summed E-state index contributed by atoms with van der Waals surface area (Å²) < 4.78 is 24.7. The minimum absolute atomic E-state index is 0.0302. The zero-order valence-corrected chi connectivity index (χ0v) is 14.1. The molecule has 1 unspecified atom stereocenters. The number of benzene rings is 1. The summed E-state index contributed by atoms with van der Waals surface area (Å²) >= 11 is 0. The van der Waals surface area contributed by atoms with Crippen molar-refractivity contribution in [1.29, 1.82) is 0 Å². The quantitative estimate of drug-likeness (QED) is 0.852. The average Bonchev–Trinajstić information content (AvgIpc) is 3.38. The summed E-state index contributed by atoms with van der Waals surface area (Å²) in [5.41, 5.74) is 0.0341. The largest absolute Gasteiger partial charge is 0.494 e. The third-order valence-corrected chi connectivity index (χ3v) is 4.87. The summed E-state index contributed by atoms with van der Waals surface area (Å²) in [6.07, 6.45) is 3.93. The van der Waals surface area contributed by atoms with E-state index in [0.29, 0.717) is 30.7 Å². The number of halogens is 1. The Balaban J connectivity index is 1.51. The van der Waals surface area contributed by atoms with E-state index in [1.807, 2.05) is 0 Å². The van der Waals surface area contributed by atoms with Crippen molar-refractivity contribution >= 4 is 5.91 Å². The maximum absolute atomic E-state index is 14.4. The number of carbonyl (C=O) groups is 1. The topological polar surface area (TPSA) is 68.5 Å². The lowest BCUT2D eigenvalue weighted by molar-refractivity contribution is 0.0698. The maximum Gasteiger partial charge on any atom is 0.256 e. The predicted octanol–water partition coefficient (Wildman–Crippen LogP) is 3.11. The molecule has 0 spiro atoms. The number of carbonyl (C=O) groups excluding carboxylic acids is 1. The van der Waals surface area contributed by atoms with Gasteiger partial charge in [-0.3, -0.25) is 4.79 Å². The van der Waals surface area contributed by atoms with E-state index in [4.69, 9.17) is 9.26 Å². The highest BCUT2D eigenvalue weighted by Crippen LogP contribution is 2.39. The Kier molecular flexibility index (Phi) is 4.15. The van der Waals surface area contributed by atoms with Gasteiger partial charge in [0.25, 0.3) is 5.91 Å². The van der Waals surface area contributed by atoms with E-state index in [0.717, 1.165) is 25.7 Å². The minimum atomic E-state index is -0.618. The molecule has 2 aliphatic rings. The zero-order chi connectivity index (χ0) is 17.4. The van der Waals surface area contributed by atoms with Crippen LogP contribution in [0.15, 0.2) is 22.7 Å². The van der Waals surface area contributed by atoms with Gasteiger partial charge in [-0.1, -0.05) is 11.2 Å². The highest BCUT2D eigenvalue weighted by Gasteiger charge is 2.33. The van der Waals surface area contributed by atoms with Crippen molar-refractivity contribution in [2.24, 2.45) is 0 Å². The second-order valence-corrected chi connectivity index (χ2v) is 6.68. The maximum atomic E-state index is 14.4. The molecule has 1 aromatic heterocycles. The summed E-state index contributed by atoms with van der Waals surface area (Å²) in [5, 5.41) is 4.09. The molecular weight excluding hydrogens is 325 g/mol. The summed E-state index contributed by atoms with van der Waals surface area (Å²) in [6, 6.07) is 4.62. The molecule has 1 saturated heterocycles. The monoisotopic (exact) mass is 345 g/mol. The minimum Gasteiger partial charge on any atom is -0.494 e. The van der Waals surface area contributed by atoms with Crippen molar-refractivity contribution in [2.75, 3.05) is 20.2 Å². The first-order valence-corrected chi connectivity index (χ1v) is 8.62. The Labute approximate surface area is 145 Å². The molecule has 1 amide bonds. The van der Waals surface area contributed by atoms with Gasteiger partial charge in [0, 0.05) is 24.9 Å². The number of amides is 1. The van der Waals surface area contributed by atoms with Crippen molar-refractivity contribution < 1.29 is 18.4 Å². The van der Waals surface area contributed by atoms with E-state index >= 15 is 0 Å². The van der Waals surface area contributed by atoms with Crippen LogP contribution >= 0.6 is 0 Å². The van der Waals surface area contributed by atoms with Crippen LogP contribution in [0.5, 0.6) is 5.75 Å². The van der Waals surface area contributed by atoms with Crippen molar-refractivity contribution in [2.45, 2.75) is 37.5 Å². The molecule has 0 radical (unpaired) electrons. The van der Waals surface area contributed by atoms with Gasteiger partial charge in [0.1, 0.15) is 0 Å². The number of piperidine rings is 1. The van der Waals surface area contributed by atoms with Gasteiger partial charge in [-0.05, 0) is 37.8 Å².